The fraction of sp³-hybridized carbons (Fsp3) is 0. The number of hydrogen-bond donors (Lipinski definition) is 0. The predicted octanol–water partition coefficient (Wildman–Crippen LogP) is 8.86. The molecule has 4 heteroatoms. The van der Waals surface area contributed by atoms with Crippen LogP contribution in [0.3, 0.4) is 0 Å². The molecule has 202 valence electrons. The Morgan fingerprint density at radius 3 is 1.67 bits per heavy atom. The van der Waals surface area contributed by atoms with Crippen LogP contribution in [0.1, 0.15) is 0 Å². The van der Waals surface area contributed by atoms with Gasteiger partial charge in [0.25, 0.3) is 0 Å². The van der Waals surface area contributed by atoms with E-state index in [1.165, 1.54) is 48.2 Å². The van der Waals surface area contributed by atoms with Crippen LogP contribution in [0, 0.1) is 0 Å². The highest BCUT2D eigenvalue weighted by molar-refractivity contribution is 8.25. The average Bonchev–Trinajstić information content (AvgIpc) is 3.47. The van der Waals surface area contributed by atoms with E-state index in [4.69, 9.17) is 16.8 Å². The maximum Gasteiger partial charge on any atom is 0.146 e. The molecule has 0 unspecified atom stereocenters. The van der Waals surface area contributed by atoms with Crippen LogP contribution >= 0.6 is 6.04 Å². The van der Waals surface area contributed by atoms with Crippen molar-refractivity contribution in [3.05, 3.63) is 152 Å². The molecule has 0 fully saturated rings. The van der Waals surface area contributed by atoms with Crippen LogP contribution in [0.15, 0.2) is 152 Å². The Bertz CT molecular complexity index is 2530. The Balaban J connectivity index is 1.40. The highest BCUT2D eigenvalue weighted by atomic mass is 32.4. The van der Waals surface area contributed by atoms with E-state index in [1.54, 1.807) is 0 Å². The van der Waals surface area contributed by atoms with Crippen LogP contribution in [0.25, 0.3) is 59.9 Å². The van der Waals surface area contributed by atoms with E-state index in [1.807, 2.05) is 0 Å². The summed E-state index contributed by atoms with van der Waals surface area (Å²) in [6.07, 6.45) is 0. The van der Waals surface area contributed by atoms with Crippen molar-refractivity contribution in [2.45, 2.75) is 0 Å². The van der Waals surface area contributed by atoms with Gasteiger partial charge < -0.3 is 0 Å². The molecule has 9 rings (SSSR count). The summed E-state index contributed by atoms with van der Waals surface area (Å²) in [6, 6.07) is 52.1. The summed E-state index contributed by atoms with van der Waals surface area (Å²) in [5.41, 5.74) is 4.24. The molecular weight excluding hydrogens is 559 g/mol. The van der Waals surface area contributed by atoms with Gasteiger partial charge in [-0.15, -0.1) is 0 Å². The van der Waals surface area contributed by atoms with E-state index in [0.29, 0.717) is 0 Å². The summed E-state index contributed by atoms with van der Waals surface area (Å²) in [5.74, 6) is 0. The van der Waals surface area contributed by atoms with Gasteiger partial charge in [-0.3, -0.25) is 4.40 Å². The van der Waals surface area contributed by atoms with Gasteiger partial charge in [0, 0.05) is 16.8 Å². The number of rotatable bonds is 3. The number of hydrogen-bond acceptors (Lipinski definition) is 2. The van der Waals surface area contributed by atoms with Gasteiger partial charge in [0.15, 0.2) is 0 Å². The number of pyridine rings is 1. The van der Waals surface area contributed by atoms with Gasteiger partial charge in [0.1, 0.15) is 5.65 Å². The summed E-state index contributed by atoms with van der Waals surface area (Å²) in [5, 5.41) is 12.0. The Kier molecular flexibility index (Phi) is 5.38. The zero-order valence-corrected chi connectivity index (χ0v) is 24.9. The molecule has 9 aromatic rings. The highest BCUT2D eigenvalue weighted by Crippen LogP contribution is 2.45. The van der Waals surface area contributed by atoms with Crippen molar-refractivity contribution in [1.82, 2.24) is 9.38 Å². The summed E-state index contributed by atoms with van der Waals surface area (Å²) in [7, 11) is 0. The molecule has 2 aromatic heterocycles. The molecule has 0 atom stereocenters. The number of imidazole rings is 1. The molecule has 0 N–H and O–H groups in total. The van der Waals surface area contributed by atoms with Crippen molar-refractivity contribution in [2.75, 3.05) is 0 Å². The van der Waals surface area contributed by atoms with E-state index < -0.39 is 6.04 Å². The predicted molar refractivity (Wildman–Crippen MR) is 189 cm³/mol. The molecule has 0 bridgehead atoms. The van der Waals surface area contributed by atoms with Crippen molar-refractivity contribution >= 4 is 93.7 Å². The van der Waals surface area contributed by atoms with Gasteiger partial charge in [-0.25, -0.2) is 4.98 Å². The number of para-hydroxylation sites is 3. The SMILES string of the molecule is S=P(c1ccc2ccccc2c1)(c1ccc2ccccc2c1)c1ccc2c3ccccc3n3c4ccccc4nc3c2c1. The van der Waals surface area contributed by atoms with Gasteiger partial charge >= 0.3 is 0 Å². The van der Waals surface area contributed by atoms with E-state index in [-0.39, 0.29) is 0 Å². The van der Waals surface area contributed by atoms with Crippen molar-refractivity contribution in [1.29, 1.82) is 0 Å². The average molecular weight is 585 g/mol. The van der Waals surface area contributed by atoms with Gasteiger partial charge in [-0.1, -0.05) is 127 Å². The van der Waals surface area contributed by atoms with E-state index in [9.17, 15) is 0 Å². The first-order chi connectivity index (χ1) is 21.2. The fourth-order valence-corrected chi connectivity index (χ4v) is 10.4. The molecular formula is C39H25N2PS. The Morgan fingerprint density at radius 2 is 0.977 bits per heavy atom. The second-order valence-electron chi connectivity index (χ2n) is 11.2. The third-order valence-electron chi connectivity index (χ3n) is 8.80. The van der Waals surface area contributed by atoms with Crippen molar-refractivity contribution < 1.29 is 0 Å². The Labute approximate surface area is 253 Å². The van der Waals surface area contributed by atoms with Crippen LogP contribution in [0.5, 0.6) is 0 Å². The molecule has 0 aliphatic carbocycles. The Hall–Kier alpha value is -4.82. The minimum Gasteiger partial charge on any atom is -0.292 e. The van der Waals surface area contributed by atoms with Crippen molar-refractivity contribution in [3.63, 3.8) is 0 Å². The number of nitrogens with zero attached hydrogens (tertiary/aromatic N) is 2. The molecule has 2 nitrogen and oxygen atoms in total. The summed E-state index contributed by atoms with van der Waals surface area (Å²) in [4.78, 5) is 5.19. The van der Waals surface area contributed by atoms with Gasteiger partial charge in [-0.2, -0.15) is 0 Å². The van der Waals surface area contributed by atoms with Crippen molar-refractivity contribution in [3.8, 4) is 0 Å². The van der Waals surface area contributed by atoms with Crippen molar-refractivity contribution in [2.24, 2.45) is 0 Å². The first kappa shape index (κ1) is 24.7. The van der Waals surface area contributed by atoms with Gasteiger partial charge in [0.2, 0.25) is 0 Å². The van der Waals surface area contributed by atoms with Crippen LogP contribution in [0.4, 0.5) is 0 Å². The van der Waals surface area contributed by atoms with Crippen LogP contribution in [-0.2, 0) is 11.8 Å². The molecule has 0 radical (unpaired) electrons. The van der Waals surface area contributed by atoms with Crippen LogP contribution in [0.2, 0.25) is 0 Å². The lowest BCUT2D eigenvalue weighted by Gasteiger charge is -2.25. The minimum absolute atomic E-state index is 0.968. The minimum atomic E-state index is -2.47. The lowest BCUT2D eigenvalue weighted by Crippen LogP contribution is -2.25. The van der Waals surface area contributed by atoms with Gasteiger partial charge in [0.05, 0.1) is 16.6 Å². The maximum absolute atomic E-state index is 6.96. The van der Waals surface area contributed by atoms with E-state index >= 15 is 0 Å². The lowest BCUT2D eigenvalue weighted by atomic mass is 10.1. The summed E-state index contributed by atoms with van der Waals surface area (Å²) in [6.45, 7) is 0. The largest absolute Gasteiger partial charge is 0.292 e. The smallest absolute Gasteiger partial charge is 0.146 e. The molecule has 0 amide bonds. The third kappa shape index (κ3) is 3.66. The molecule has 0 spiro atoms. The number of benzene rings is 7. The molecule has 0 saturated heterocycles. The molecule has 43 heavy (non-hydrogen) atoms. The second kappa shape index (κ2) is 9.34. The second-order valence-corrected chi connectivity index (χ2v) is 15.6. The third-order valence-corrected chi connectivity index (χ3v) is 13.7. The fourth-order valence-electron chi connectivity index (χ4n) is 6.69. The topological polar surface area (TPSA) is 17.3 Å². The molecule has 2 heterocycles. The normalized spacial score (nSPS) is 12.3. The van der Waals surface area contributed by atoms with E-state index in [2.05, 4.69) is 156 Å². The lowest BCUT2D eigenvalue weighted by molar-refractivity contribution is 1.32. The highest BCUT2D eigenvalue weighted by Gasteiger charge is 2.27. The monoisotopic (exact) mass is 584 g/mol. The van der Waals surface area contributed by atoms with E-state index in [0.717, 1.165) is 27.6 Å². The standard InChI is InChI=1S/C39H25N2PS/c43-42(30-19-17-26-9-1-3-11-28(26)23-30,31-20-18-27-10-2-4-12-29(27)24-31)32-21-22-33-34-13-5-7-15-37(34)41-38-16-8-6-14-36(38)40-39(41)35(33)25-32/h1-25H. The van der Waals surface area contributed by atoms with Crippen LogP contribution < -0.4 is 15.9 Å². The zero-order chi connectivity index (χ0) is 28.5. The summed E-state index contributed by atoms with van der Waals surface area (Å²) >= 11 is 6.96. The number of fused-ring (bicyclic) bond motifs is 10. The first-order valence-electron chi connectivity index (χ1n) is 14.5. The zero-order valence-electron chi connectivity index (χ0n) is 23.2. The Morgan fingerprint density at radius 1 is 0.442 bits per heavy atom. The first-order valence-corrected chi connectivity index (χ1v) is 17.3. The van der Waals surface area contributed by atoms with Crippen LogP contribution in [-0.4, -0.2) is 9.38 Å². The molecule has 0 saturated carbocycles. The quantitative estimate of drug-likeness (QED) is 0.152. The maximum atomic E-state index is 6.96. The summed E-state index contributed by atoms with van der Waals surface area (Å²) < 4.78 is 2.31. The van der Waals surface area contributed by atoms with Gasteiger partial charge in [-0.05, 0) is 79.2 Å². The molecule has 0 aliphatic rings. The number of aromatic nitrogens is 2. The molecule has 7 aromatic carbocycles. The molecule has 0 aliphatic heterocycles.